The minimum atomic E-state index is -0.371. The third kappa shape index (κ3) is 5.43. The van der Waals surface area contributed by atoms with Gasteiger partial charge in [0.1, 0.15) is 5.00 Å². The second-order valence-corrected chi connectivity index (χ2v) is 11.2. The molecule has 1 atom stereocenters. The van der Waals surface area contributed by atoms with E-state index in [9.17, 15) is 9.59 Å². The zero-order valence-electron chi connectivity index (χ0n) is 21.0. The highest BCUT2D eigenvalue weighted by atomic mass is 35.5. The number of aromatic nitrogens is 1. The first-order chi connectivity index (χ1) is 18.3. The molecule has 194 valence electrons. The average Bonchev–Trinajstić information content (AvgIpc) is 3.25. The van der Waals surface area contributed by atoms with Crippen molar-refractivity contribution >= 4 is 68.0 Å². The summed E-state index contributed by atoms with van der Waals surface area (Å²) >= 11 is 13.1. The van der Waals surface area contributed by atoms with E-state index in [1.54, 1.807) is 25.1 Å². The molecule has 2 heterocycles. The first kappa shape index (κ1) is 26.3. The summed E-state index contributed by atoms with van der Waals surface area (Å²) in [6, 6.07) is 16.5. The number of rotatable bonds is 5. The molecule has 0 spiro atoms. The van der Waals surface area contributed by atoms with Crippen LogP contribution in [0.2, 0.25) is 5.02 Å². The van der Waals surface area contributed by atoms with E-state index in [-0.39, 0.29) is 23.6 Å². The molecule has 1 aliphatic carbocycles. The van der Waals surface area contributed by atoms with Gasteiger partial charge in [0.2, 0.25) is 0 Å². The summed E-state index contributed by atoms with van der Waals surface area (Å²) in [5.41, 5.74) is 4.16. The van der Waals surface area contributed by atoms with E-state index < -0.39 is 0 Å². The van der Waals surface area contributed by atoms with Gasteiger partial charge >= 0.3 is 5.97 Å². The van der Waals surface area contributed by atoms with Crippen LogP contribution in [0.3, 0.4) is 0 Å². The molecule has 0 fully saturated rings. The maximum atomic E-state index is 13.5. The molecule has 0 radical (unpaired) electrons. The van der Waals surface area contributed by atoms with Crippen LogP contribution in [0.25, 0.3) is 22.2 Å². The third-order valence-electron chi connectivity index (χ3n) is 6.55. The fourth-order valence-electron chi connectivity index (χ4n) is 4.69. The van der Waals surface area contributed by atoms with Crippen molar-refractivity contribution in [3.05, 3.63) is 81.2 Å². The van der Waals surface area contributed by atoms with Crippen LogP contribution >= 0.6 is 35.2 Å². The number of para-hydroxylation sites is 1. The van der Waals surface area contributed by atoms with Crippen LogP contribution in [0.5, 0.6) is 0 Å². The summed E-state index contributed by atoms with van der Waals surface area (Å²) < 4.78 is 5.34. The topological polar surface area (TPSA) is 80.3 Å². The largest absolute Gasteiger partial charge is 0.462 e. The van der Waals surface area contributed by atoms with Gasteiger partial charge in [-0.1, -0.05) is 48.9 Å². The highest BCUT2D eigenvalue weighted by molar-refractivity contribution is 7.80. The highest BCUT2D eigenvalue weighted by Gasteiger charge is 2.29. The van der Waals surface area contributed by atoms with Gasteiger partial charge in [0, 0.05) is 20.8 Å². The van der Waals surface area contributed by atoms with E-state index in [1.807, 2.05) is 36.4 Å². The molecule has 1 aliphatic rings. The lowest BCUT2D eigenvalue weighted by Crippen LogP contribution is -2.34. The van der Waals surface area contributed by atoms with E-state index in [0.29, 0.717) is 43.7 Å². The Kier molecular flexibility index (Phi) is 7.74. The summed E-state index contributed by atoms with van der Waals surface area (Å²) in [6.07, 6.45) is 2.74. The lowest BCUT2D eigenvalue weighted by Gasteiger charge is -2.18. The number of halogens is 1. The first-order valence-electron chi connectivity index (χ1n) is 12.4. The number of fused-ring (bicyclic) bond motifs is 2. The number of hydrogen-bond acceptors (Lipinski definition) is 6. The van der Waals surface area contributed by atoms with E-state index in [1.165, 1.54) is 11.3 Å². The molecule has 0 saturated carbocycles. The first-order valence-corrected chi connectivity index (χ1v) is 14.0. The number of benzene rings is 2. The lowest BCUT2D eigenvalue weighted by molar-refractivity contribution is 0.0526. The number of ether oxygens (including phenoxy) is 1. The molecule has 0 unspecified atom stereocenters. The predicted octanol–water partition coefficient (Wildman–Crippen LogP) is 7.05. The maximum Gasteiger partial charge on any atom is 0.341 e. The maximum absolute atomic E-state index is 13.5. The Morgan fingerprint density at radius 3 is 2.71 bits per heavy atom. The van der Waals surface area contributed by atoms with E-state index in [0.717, 1.165) is 35.3 Å². The molecule has 6 nitrogen and oxygen atoms in total. The zero-order valence-corrected chi connectivity index (χ0v) is 23.4. The summed E-state index contributed by atoms with van der Waals surface area (Å²) in [5, 5.41) is 7.95. The molecular formula is C29H26ClN3O3S2. The van der Waals surface area contributed by atoms with E-state index >= 15 is 0 Å². The van der Waals surface area contributed by atoms with Gasteiger partial charge in [0.05, 0.1) is 28.9 Å². The Labute approximate surface area is 235 Å². The second kappa shape index (κ2) is 11.2. The summed E-state index contributed by atoms with van der Waals surface area (Å²) in [6.45, 7) is 4.28. The molecule has 0 aliphatic heterocycles. The number of nitrogens with one attached hydrogen (secondary N) is 2. The number of pyridine rings is 1. The van der Waals surface area contributed by atoms with Gasteiger partial charge in [0.15, 0.2) is 5.11 Å². The average molecular weight is 564 g/mol. The van der Waals surface area contributed by atoms with Crippen LogP contribution in [-0.2, 0) is 17.6 Å². The van der Waals surface area contributed by atoms with Crippen molar-refractivity contribution in [2.75, 3.05) is 11.9 Å². The van der Waals surface area contributed by atoms with Gasteiger partial charge in [-0.15, -0.1) is 11.3 Å². The second-order valence-electron chi connectivity index (χ2n) is 9.26. The molecule has 38 heavy (non-hydrogen) atoms. The Bertz CT molecular complexity index is 1550. The van der Waals surface area contributed by atoms with Crippen LogP contribution in [-0.4, -0.2) is 28.6 Å². The van der Waals surface area contributed by atoms with Crippen molar-refractivity contribution in [2.24, 2.45) is 5.92 Å². The van der Waals surface area contributed by atoms with Crippen LogP contribution in [0.1, 0.15) is 51.4 Å². The van der Waals surface area contributed by atoms with Crippen LogP contribution in [0, 0.1) is 5.92 Å². The summed E-state index contributed by atoms with van der Waals surface area (Å²) in [5.74, 6) is -0.196. The molecule has 2 aromatic carbocycles. The molecular weight excluding hydrogens is 538 g/mol. The van der Waals surface area contributed by atoms with Crippen molar-refractivity contribution in [1.29, 1.82) is 0 Å². The number of carbonyl (C=O) groups excluding carboxylic acids is 2. The molecule has 9 heteroatoms. The molecule has 1 amide bonds. The minimum absolute atomic E-state index is 0.112. The molecule has 4 aromatic rings. The van der Waals surface area contributed by atoms with Crippen molar-refractivity contribution < 1.29 is 14.3 Å². The van der Waals surface area contributed by atoms with Gasteiger partial charge in [-0.05, 0) is 74.2 Å². The zero-order chi connectivity index (χ0) is 26.8. The van der Waals surface area contributed by atoms with Crippen molar-refractivity contribution in [2.45, 2.75) is 33.1 Å². The van der Waals surface area contributed by atoms with Gasteiger partial charge in [-0.25, -0.2) is 9.78 Å². The lowest BCUT2D eigenvalue weighted by atomic mass is 9.88. The van der Waals surface area contributed by atoms with Crippen molar-refractivity contribution in [3.63, 3.8) is 0 Å². The molecule has 5 rings (SSSR count). The SMILES string of the molecule is CCOC(=O)c1c(NC(=S)NC(=O)c2cc(-c3ccc(Cl)cc3)nc3ccccc23)sc2c1CC[C@H](C)C2. The predicted molar refractivity (Wildman–Crippen MR) is 157 cm³/mol. The monoisotopic (exact) mass is 563 g/mol. The quantitative estimate of drug-likeness (QED) is 0.200. The number of hydrogen-bond donors (Lipinski definition) is 2. The van der Waals surface area contributed by atoms with Crippen molar-refractivity contribution in [1.82, 2.24) is 10.3 Å². The standard InChI is InChI=1S/C29H26ClN3O3S2/c1-3-36-28(35)25-20-13-8-16(2)14-24(20)38-27(25)33-29(37)32-26(34)21-15-23(17-9-11-18(30)12-10-17)31-22-7-5-4-6-19(21)22/h4-7,9-12,15-16H,3,8,13-14H2,1-2H3,(H2,32,33,34,37)/t16-/m0/s1. The van der Waals surface area contributed by atoms with Crippen LogP contribution in [0.15, 0.2) is 54.6 Å². The number of anilines is 1. The Balaban J connectivity index is 1.43. The van der Waals surface area contributed by atoms with E-state index in [2.05, 4.69) is 17.6 Å². The van der Waals surface area contributed by atoms with Gasteiger partial charge in [-0.2, -0.15) is 0 Å². The fraction of sp³-hybridized carbons (Fsp3) is 0.241. The van der Waals surface area contributed by atoms with Crippen LogP contribution < -0.4 is 10.6 Å². The number of thiophene rings is 1. The van der Waals surface area contributed by atoms with Gasteiger partial charge < -0.3 is 10.1 Å². The highest BCUT2D eigenvalue weighted by Crippen LogP contribution is 2.40. The molecule has 0 bridgehead atoms. The van der Waals surface area contributed by atoms with E-state index in [4.69, 9.17) is 33.5 Å². The summed E-state index contributed by atoms with van der Waals surface area (Å²) in [4.78, 5) is 32.2. The fourth-order valence-corrected chi connectivity index (χ4v) is 6.48. The number of esters is 1. The number of thiocarbonyl (C=S) groups is 1. The smallest absolute Gasteiger partial charge is 0.341 e. The van der Waals surface area contributed by atoms with Crippen molar-refractivity contribution in [3.8, 4) is 11.3 Å². The Morgan fingerprint density at radius 2 is 1.95 bits per heavy atom. The summed E-state index contributed by atoms with van der Waals surface area (Å²) in [7, 11) is 0. The number of carbonyl (C=O) groups is 2. The number of amides is 1. The van der Waals surface area contributed by atoms with Crippen LogP contribution in [0.4, 0.5) is 5.00 Å². The van der Waals surface area contributed by atoms with Gasteiger partial charge in [-0.3, -0.25) is 10.1 Å². The molecule has 2 aromatic heterocycles. The molecule has 2 N–H and O–H groups in total. The Morgan fingerprint density at radius 1 is 1.18 bits per heavy atom. The minimum Gasteiger partial charge on any atom is -0.462 e. The Hall–Kier alpha value is -3.33. The normalized spacial score (nSPS) is 14.6. The molecule has 0 saturated heterocycles. The van der Waals surface area contributed by atoms with Gasteiger partial charge in [0.25, 0.3) is 5.91 Å². The third-order valence-corrected chi connectivity index (χ3v) is 8.17. The number of nitrogens with zero attached hydrogens (tertiary/aromatic N) is 1.